The lowest BCUT2D eigenvalue weighted by molar-refractivity contribution is 0.698. The van der Waals surface area contributed by atoms with Crippen molar-refractivity contribution in [2.45, 2.75) is 13.5 Å². The first-order valence-electron chi connectivity index (χ1n) is 5.66. The highest BCUT2D eigenvalue weighted by Gasteiger charge is 2.07. The van der Waals surface area contributed by atoms with E-state index in [4.69, 9.17) is 5.73 Å². The molecule has 0 atom stereocenters. The predicted octanol–water partition coefficient (Wildman–Crippen LogP) is 1.19. The number of aryl methyl sites for hydroxylation is 1. The van der Waals surface area contributed by atoms with Crippen molar-refractivity contribution in [1.82, 2.24) is 19.5 Å². The molecule has 2 N–H and O–H groups in total. The van der Waals surface area contributed by atoms with Crippen molar-refractivity contribution in [1.29, 1.82) is 0 Å². The van der Waals surface area contributed by atoms with Crippen molar-refractivity contribution >= 4 is 27.4 Å². The second-order valence-corrected chi connectivity index (χ2v) is 5.06. The van der Waals surface area contributed by atoms with Gasteiger partial charge in [0.15, 0.2) is 5.82 Å². The number of fused-ring (bicyclic) bond motifs is 1. The SMILES string of the molecule is Cc1cc(=O)n(Cc2nc(N)c3ccsc3n2)cn1. The van der Waals surface area contributed by atoms with E-state index in [0.29, 0.717) is 17.3 Å². The summed E-state index contributed by atoms with van der Waals surface area (Å²) in [6.45, 7) is 2.04. The summed E-state index contributed by atoms with van der Waals surface area (Å²) < 4.78 is 1.46. The van der Waals surface area contributed by atoms with Crippen molar-refractivity contribution in [3.63, 3.8) is 0 Å². The van der Waals surface area contributed by atoms with E-state index in [1.807, 2.05) is 11.4 Å². The minimum atomic E-state index is -0.124. The van der Waals surface area contributed by atoms with Gasteiger partial charge in [-0.25, -0.2) is 15.0 Å². The van der Waals surface area contributed by atoms with E-state index < -0.39 is 0 Å². The molecule has 0 radical (unpaired) electrons. The lowest BCUT2D eigenvalue weighted by Crippen LogP contribution is -2.21. The van der Waals surface area contributed by atoms with Gasteiger partial charge in [0.05, 0.1) is 18.3 Å². The third-order valence-corrected chi connectivity index (χ3v) is 3.54. The maximum absolute atomic E-state index is 11.8. The van der Waals surface area contributed by atoms with Gasteiger partial charge in [0.2, 0.25) is 0 Å². The minimum absolute atomic E-state index is 0.124. The first-order valence-corrected chi connectivity index (χ1v) is 6.54. The second-order valence-electron chi connectivity index (χ2n) is 4.16. The fraction of sp³-hybridized carbons (Fsp3) is 0.167. The molecule has 3 heterocycles. The Balaban J connectivity index is 2.03. The Labute approximate surface area is 112 Å². The van der Waals surface area contributed by atoms with E-state index in [1.54, 1.807) is 6.92 Å². The van der Waals surface area contributed by atoms with Gasteiger partial charge in [-0.1, -0.05) is 0 Å². The van der Waals surface area contributed by atoms with Crippen LogP contribution in [0.25, 0.3) is 10.2 Å². The maximum atomic E-state index is 11.8. The molecule has 3 rings (SSSR count). The highest BCUT2D eigenvalue weighted by atomic mass is 32.1. The molecule has 19 heavy (non-hydrogen) atoms. The summed E-state index contributed by atoms with van der Waals surface area (Å²) in [6.07, 6.45) is 1.50. The van der Waals surface area contributed by atoms with E-state index in [1.165, 1.54) is 28.3 Å². The van der Waals surface area contributed by atoms with Crippen molar-refractivity contribution in [3.8, 4) is 0 Å². The number of rotatable bonds is 2. The fourth-order valence-electron chi connectivity index (χ4n) is 1.78. The molecule has 0 saturated heterocycles. The number of anilines is 1. The summed E-state index contributed by atoms with van der Waals surface area (Å²) in [6, 6.07) is 3.37. The lowest BCUT2D eigenvalue weighted by atomic mass is 10.4. The maximum Gasteiger partial charge on any atom is 0.253 e. The summed E-state index contributed by atoms with van der Waals surface area (Å²) in [5.41, 5.74) is 6.44. The lowest BCUT2D eigenvalue weighted by Gasteiger charge is -2.05. The smallest absolute Gasteiger partial charge is 0.253 e. The zero-order chi connectivity index (χ0) is 13.4. The molecule has 0 aliphatic carbocycles. The van der Waals surface area contributed by atoms with Crippen LogP contribution in [0.2, 0.25) is 0 Å². The summed E-state index contributed by atoms with van der Waals surface area (Å²) in [5, 5.41) is 2.77. The number of hydrogen-bond acceptors (Lipinski definition) is 6. The van der Waals surface area contributed by atoms with Crippen LogP contribution in [0.15, 0.2) is 28.6 Å². The molecule has 3 aromatic heterocycles. The van der Waals surface area contributed by atoms with Crippen LogP contribution >= 0.6 is 11.3 Å². The molecular formula is C12H11N5OS. The van der Waals surface area contributed by atoms with Crippen LogP contribution in [-0.2, 0) is 6.54 Å². The van der Waals surface area contributed by atoms with E-state index in [9.17, 15) is 4.79 Å². The van der Waals surface area contributed by atoms with Crippen LogP contribution in [0.4, 0.5) is 5.82 Å². The quantitative estimate of drug-likeness (QED) is 0.757. The molecule has 0 aliphatic heterocycles. The van der Waals surface area contributed by atoms with Crippen LogP contribution < -0.4 is 11.3 Å². The summed E-state index contributed by atoms with van der Waals surface area (Å²) >= 11 is 1.50. The molecule has 0 fully saturated rings. The Morgan fingerprint density at radius 1 is 1.42 bits per heavy atom. The number of hydrogen-bond donors (Lipinski definition) is 1. The average Bonchev–Trinajstić information content (AvgIpc) is 2.81. The Morgan fingerprint density at radius 2 is 2.26 bits per heavy atom. The molecule has 6 nitrogen and oxygen atoms in total. The third kappa shape index (κ3) is 2.19. The molecule has 0 aliphatic rings. The topological polar surface area (TPSA) is 86.7 Å². The number of aromatic nitrogens is 4. The van der Waals surface area contributed by atoms with Gasteiger partial charge in [0, 0.05) is 11.8 Å². The van der Waals surface area contributed by atoms with Gasteiger partial charge in [-0.2, -0.15) is 0 Å². The molecule has 96 valence electrons. The predicted molar refractivity (Wildman–Crippen MR) is 74.2 cm³/mol. The first-order chi connectivity index (χ1) is 9.13. The van der Waals surface area contributed by atoms with Gasteiger partial charge in [-0.05, 0) is 18.4 Å². The van der Waals surface area contributed by atoms with E-state index in [0.717, 1.165) is 10.2 Å². The molecule has 3 aromatic rings. The molecule has 0 aromatic carbocycles. The van der Waals surface area contributed by atoms with Crippen molar-refractivity contribution in [2.75, 3.05) is 5.73 Å². The summed E-state index contributed by atoms with van der Waals surface area (Å²) in [5.74, 6) is 0.953. The first kappa shape index (κ1) is 11.8. The Bertz CT molecular complexity index is 807. The Hall–Kier alpha value is -2.28. The summed E-state index contributed by atoms with van der Waals surface area (Å²) in [7, 11) is 0. The molecule has 0 amide bonds. The fourth-order valence-corrected chi connectivity index (χ4v) is 2.57. The van der Waals surface area contributed by atoms with Crippen LogP contribution in [0, 0.1) is 6.92 Å². The van der Waals surface area contributed by atoms with Crippen molar-refractivity contribution in [2.24, 2.45) is 0 Å². The van der Waals surface area contributed by atoms with Crippen LogP contribution in [0.5, 0.6) is 0 Å². The van der Waals surface area contributed by atoms with E-state index in [2.05, 4.69) is 15.0 Å². The standard InChI is InChI=1S/C12H11N5OS/c1-7-4-10(18)17(6-14-7)5-9-15-11(13)8-2-3-19-12(8)16-9/h2-4,6H,5H2,1H3,(H2,13,15,16). The number of nitrogens with zero attached hydrogens (tertiary/aromatic N) is 4. The van der Waals surface area contributed by atoms with Gasteiger partial charge in [-0.15, -0.1) is 11.3 Å². The zero-order valence-corrected chi connectivity index (χ0v) is 11.0. The van der Waals surface area contributed by atoms with Gasteiger partial charge < -0.3 is 5.73 Å². The van der Waals surface area contributed by atoms with Crippen LogP contribution in [-0.4, -0.2) is 19.5 Å². The molecule has 0 saturated carbocycles. The Morgan fingerprint density at radius 3 is 3.05 bits per heavy atom. The molecule has 0 bridgehead atoms. The van der Waals surface area contributed by atoms with Crippen molar-refractivity contribution < 1.29 is 0 Å². The number of nitrogen functional groups attached to an aromatic ring is 1. The normalized spacial score (nSPS) is 11.0. The molecule has 0 unspecified atom stereocenters. The number of nitrogens with two attached hydrogens (primary N) is 1. The molecular weight excluding hydrogens is 262 g/mol. The second kappa shape index (κ2) is 4.43. The van der Waals surface area contributed by atoms with Crippen LogP contribution in [0.1, 0.15) is 11.5 Å². The molecule has 7 heteroatoms. The third-order valence-electron chi connectivity index (χ3n) is 2.73. The highest BCUT2D eigenvalue weighted by molar-refractivity contribution is 7.16. The zero-order valence-electron chi connectivity index (χ0n) is 10.2. The minimum Gasteiger partial charge on any atom is -0.383 e. The van der Waals surface area contributed by atoms with Gasteiger partial charge in [0.1, 0.15) is 10.6 Å². The Kier molecular flexibility index (Phi) is 2.75. The van der Waals surface area contributed by atoms with Crippen LogP contribution in [0.3, 0.4) is 0 Å². The number of thiophene rings is 1. The van der Waals surface area contributed by atoms with Gasteiger partial charge >= 0.3 is 0 Å². The summed E-state index contributed by atoms with van der Waals surface area (Å²) in [4.78, 5) is 25.3. The van der Waals surface area contributed by atoms with E-state index in [-0.39, 0.29) is 12.1 Å². The van der Waals surface area contributed by atoms with Gasteiger partial charge in [0.25, 0.3) is 5.56 Å². The monoisotopic (exact) mass is 273 g/mol. The van der Waals surface area contributed by atoms with E-state index >= 15 is 0 Å². The van der Waals surface area contributed by atoms with Gasteiger partial charge in [-0.3, -0.25) is 9.36 Å². The average molecular weight is 273 g/mol. The largest absolute Gasteiger partial charge is 0.383 e. The van der Waals surface area contributed by atoms with Crippen molar-refractivity contribution in [3.05, 3.63) is 45.7 Å². The highest BCUT2D eigenvalue weighted by Crippen LogP contribution is 2.22. The molecule has 0 spiro atoms.